The Labute approximate surface area is 161 Å². The normalized spacial score (nSPS) is 17.4. The van der Waals surface area contributed by atoms with Gasteiger partial charge in [-0.05, 0) is 36.4 Å². The van der Waals surface area contributed by atoms with Crippen LogP contribution < -0.4 is 9.47 Å². The number of benzene rings is 3. The minimum absolute atomic E-state index is 0.345. The molecule has 2 atom stereocenters. The molecular weight excluding hydrogens is 360 g/mol. The molecule has 3 aromatic rings. The maximum Gasteiger partial charge on any atom is 0.341 e. The highest BCUT2D eigenvalue weighted by Crippen LogP contribution is 2.34. The van der Waals surface area contributed by atoms with Crippen molar-refractivity contribution in [3.63, 3.8) is 0 Å². The van der Waals surface area contributed by atoms with Crippen LogP contribution in [0.4, 0.5) is 0 Å². The average molecular weight is 376 g/mol. The highest BCUT2D eigenvalue weighted by molar-refractivity contribution is 5.90. The Morgan fingerprint density at radius 2 is 0.929 bits per heavy atom. The first-order valence-electron chi connectivity index (χ1n) is 8.65. The molecule has 0 fully saturated rings. The summed E-state index contributed by atoms with van der Waals surface area (Å²) in [6.07, 6.45) is -2.51. The predicted octanol–water partition coefficient (Wildman–Crippen LogP) is 3.82. The van der Waals surface area contributed by atoms with Crippen molar-refractivity contribution in [3.8, 4) is 11.5 Å². The van der Waals surface area contributed by atoms with Crippen molar-refractivity contribution in [1.29, 1.82) is 0 Å². The Morgan fingerprint density at radius 1 is 0.571 bits per heavy atom. The molecule has 0 spiro atoms. The Morgan fingerprint density at radius 3 is 1.32 bits per heavy atom. The summed E-state index contributed by atoms with van der Waals surface area (Å²) in [5.41, 5.74) is 0.691. The van der Waals surface area contributed by atoms with E-state index in [1.54, 1.807) is 84.9 Å². The number of rotatable bonds is 4. The van der Waals surface area contributed by atoms with Gasteiger partial charge in [-0.3, -0.25) is 0 Å². The maximum atomic E-state index is 12.4. The van der Waals surface area contributed by atoms with Crippen LogP contribution >= 0.6 is 0 Å². The molecule has 3 aromatic carbocycles. The van der Waals surface area contributed by atoms with Crippen LogP contribution in [0.2, 0.25) is 0 Å². The minimum atomic E-state index is -1.25. The standard InChI is InChI=1S/C22H16O6/c23-19(15-9-3-1-4-10-15)27-21-22(26-18-14-8-7-13-17(18)25-21)28-20(24)16-11-5-2-6-12-16/h1-14,21-22H. The van der Waals surface area contributed by atoms with E-state index in [0.717, 1.165) is 0 Å². The molecule has 0 amide bonds. The summed E-state index contributed by atoms with van der Waals surface area (Å²) in [5.74, 6) is -0.454. The van der Waals surface area contributed by atoms with E-state index in [9.17, 15) is 9.59 Å². The van der Waals surface area contributed by atoms with Crippen LogP contribution in [0.5, 0.6) is 11.5 Å². The Bertz CT molecular complexity index is 890. The second-order valence-electron chi connectivity index (χ2n) is 5.96. The van der Waals surface area contributed by atoms with Gasteiger partial charge in [0.05, 0.1) is 11.1 Å². The number of hydrogen-bond donors (Lipinski definition) is 0. The molecule has 1 aliphatic rings. The first-order chi connectivity index (χ1) is 13.7. The molecule has 0 N–H and O–H groups in total. The highest BCUT2D eigenvalue weighted by atomic mass is 16.8. The fourth-order valence-electron chi connectivity index (χ4n) is 2.66. The monoisotopic (exact) mass is 376 g/mol. The first kappa shape index (κ1) is 17.6. The molecule has 0 bridgehead atoms. The molecule has 0 aliphatic carbocycles. The number of esters is 2. The zero-order valence-corrected chi connectivity index (χ0v) is 14.7. The van der Waals surface area contributed by atoms with Gasteiger partial charge in [0.25, 0.3) is 0 Å². The Balaban J connectivity index is 1.56. The lowest BCUT2D eigenvalue weighted by Gasteiger charge is -2.32. The van der Waals surface area contributed by atoms with Gasteiger partial charge in [-0.1, -0.05) is 48.5 Å². The zero-order valence-electron chi connectivity index (χ0n) is 14.7. The molecule has 1 heterocycles. The summed E-state index contributed by atoms with van der Waals surface area (Å²) in [7, 11) is 0. The third-order valence-corrected chi connectivity index (χ3v) is 4.02. The SMILES string of the molecule is O=C(OC1Oc2ccccc2OC1OC(=O)c1ccccc1)c1ccccc1. The van der Waals surface area contributed by atoms with Crippen molar-refractivity contribution in [2.45, 2.75) is 12.6 Å². The summed E-state index contributed by atoms with van der Waals surface area (Å²) in [6, 6.07) is 23.8. The first-order valence-corrected chi connectivity index (χ1v) is 8.65. The number of fused-ring (bicyclic) bond motifs is 1. The van der Waals surface area contributed by atoms with Crippen molar-refractivity contribution < 1.29 is 28.5 Å². The number of para-hydroxylation sites is 2. The average Bonchev–Trinajstić information content (AvgIpc) is 2.75. The van der Waals surface area contributed by atoms with Crippen molar-refractivity contribution in [3.05, 3.63) is 96.1 Å². The third-order valence-electron chi connectivity index (χ3n) is 4.02. The number of carbonyl (C=O) groups excluding carboxylic acids is 2. The van der Waals surface area contributed by atoms with Gasteiger partial charge in [0.2, 0.25) is 0 Å². The van der Waals surface area contributed by atoms with Crippen LogP contribution in [0.1, 0.15) is 20.7 Å². The van der Waals surface area contributed by atoms with Crippen LogP contribution in [-0.2, 0) is 9.47 Å². The van der Waals surface area contributed by atoms with E-state index >= 15 is 0 Å². The van der Waals surface area contributed by atoms with E-state index in [1.165, 1.54) is 0 Å². The number of hydrogen-bond acceptors (Lipinski definition) is 6. The third kappa shape index (κ3) is 3.81. The summed E-state index contributed by atoms with van der Waals surface area (Å²) < 4.78 is 22.3. The van der Waals surface area contributed by atoms with Gasteiger partial charge in [0.15, 0.2) is 11.5 Å². The Kier molecular flexibility index (Phi) is 4.93. The molecule has 6 nitrogen and oxygen atoms in total. The van der Waals surface area contributed by atoms with Crippen LogP contribution in [0.3, 0.4) is 0 Å². The van der Waals surface area contributed by atoms with E-state index < -0.39 is 24.5 Å². The lowest BCUT2D eigenvalue weighted by molar-refractivity contribution is -0.200. The summed E-state index contributed by atoms with van der Waals surface area (Å²) in [5, 5.41) is 0. The van der Waals surface area contributed by atoms with Crippen LogP contribution in [0.15, 0.2) is 84.9 Å². The predicted molar refractivity (Wildman–Crippen MR) is 99.0 cm³/mol. The highest BCUT2D eigenvalue weighted by Gasteiger charge is 2.38. The van der Waals surface area contributed by atoms with E-state index in [4.69, 9.17) is 18.9 Å². The molecular formula is C22H16O6. The number of carbonyl (C=O) groups is 2. The molecule has 0 saturated heterocycles. The van der Waals surface area contributed by atoms with Gasteiger partial charge < -0.3 is 18.9 Å². The van der Waals surface area contributed by atoms with E-state index in [0.29, 0.717) is 22.6 Å². The van der Waals surface area contributed by atoms with Crippen molar-refractivity contribution >= 4 is 11.9 Å². The lowest BCUT2D eigenvalue weighted by Crippen LogP contribution is -2.45. The quantitative estimate of drug-likeness (QED) is 0.645. The van der Waals surface area contributed by atoms with Gasteiger partial charge in [-0.15, -0.1) is 0 Å². The Hall–Kier alpha value is -3.80. The largest absolute Gasteiger partial charge is 0.444 e. The molecule has 0 aromatic heterocycles. The van der Waals surface area contributed by atoms with Gasteiger partial charge in [-0.2, -0.15) is 0 Å². The fraction of sp³-hybridized carbons (Fsp3) is 0.0909. The number of ether oxygens (including phenoxy) is 4. The molecule has 2 unspecified atom stereocenters. The van der Waals surface area contributed by atoms with Gasteiger partial charge in [0.1, 0.15) is 0 Å². The zero-order chi connectivity index (χ0) is 19.3. The van der Waals surface area contributed by atoms with Crippen molar-refractivity contribution in [1.82, 2.24) is 0 Å². The summed E-state index contributed by atoms with van der Waals surface area (Å²) in [6.45, 7) is 0. The second-order valence-corrected chi connectivity index (χ2v) is 5.96. The minimum Gasteiger partial charge on any atom is -0.444 e. The second kappa shape index (κ2) is 7.84. The van der Waals surface area contributed by atoms with Crippen LogP contribution in [0.25, 0.3) is 0 Å². The van der Waals surface area contributed by atoms with Crippen LogP contribution in [0, 0.1) is 0 Å². The molecule has 28 heavy (non-hydrogen) atoms. The molecule has 140 valence electrons. The van der Waals surface area contributed by atoms with Crippen LogP contribution in [-0.4, -0.2) is 24.5 Å². The summed E-state index contributed by atoms with van der Waals surface area (Å²) >= 11 is 0. The molecule has 4 rings (SSSR count). The molecule has 1 aliphatic heterocycles. The van der Waals surface area contributed by atoms with E-state index in [-0.39, 0.29) is 0 Å². The van der Waals surface area contributed by atoms with Gasteiger partial charge >= 0.3 is 24.5 Å². The topological polar surface area (TPSA) is 71.1 Å². The smallest absolute Gasteiger partial charge is 0.341 e. The van der Waals surface area contributed by atoms with E-state index in [2.05, 4.69) is 0 Å². The van der Waals surface area contributed by atoms with Gasteiger partial charge in [0, 0.05) is 0 Å². The summed E-state index contributed by atoms with van der Waals surface area (Å²) in [4.78, 5) is 24.9. The van der Waals surface area contributed by atoms with E-state index in [1.807, 2.05) is 0 Å². The molecule has 0 saturated carbocycles. The maximum absolute atomic E-state index is 12.4. The molecule has 6 heteroatoms. The van der Waals surface area contributed by atoms with Crippen molar-refractivity contribution in [2.24, 2.45) is 0 Å². The van der Waals surface area contributed by atoms with Crippen molar-refractivity contribution in [2.75, 3.05) is 0 Å². The molecule has 0 radical (unpaired) electrons. The fourth-order valence-corrected chi connectivity index (χ4v) is 2.66. The lowest BCUT2D eigenvalue weighted by atomic mass is 10.2. The van der Waals surface area contributed by atoms with Gasteiger partial charge in [-0.25, -0.2) is 9.59 Å².